The molecule has 0 aliphatic heterocycles. The Labute approximate surface area is 134 Å². The van der Waals surface area contributed by atoms with E-state index in [1.54, 1.807) is 6.92 Å². The first kappa shape index (κ1) is 18.3. The van der Waals surface area contributed by atoms with Crippen LogP contribution in [0.25, 0.3) is 0 Å². The topological polar surface area (TPSA) is 89.6 Å². The predicted molar refractivity (Wildman–Crippen MR) is 86.8 cm³/mol. The van der Waals surface area contributed by atoms with Crippen LogP contribution in [0.2, 0.25) is 0 Å². The van der Waals surface area contributed by atoms with Gasteiger partial charge in [0, 0.05) is 12.0 Å². The van der Waals surface area contributed by atoms with Gasteiger partial charge in [0.2, 0.25) is 0 Å². The van der Waals surface area contributed by atoms with Gasteiger partial charge in [-0.3, -0.25) is 4.79 Å². The molecule has 0 spiro atoms. The van der Waals surface area contributed by atoms with Gasteiger partial charge in [0.25, 0.3) is 0 Å². The second kappa shape index (κ2) is 9.27. The molecule has 0 bridgehead atoms. The van der Waals surface area contributed by atoms with E-state index in [4.69, 9.17) is 10.5 Å². The van der Waals surface area contributed by atoms with Crippen molar-refractivity contribution in [1.29, 1.82) is 0 Å². The summed E-state index contributed by atoms with van der Waals surface area (Å²) in [6, 6.07) is 9.63. The van der Waals surface area contributed by atoms with Gasteiger partial charge in [0.1, 0.15) is 0 Å². The lowest BCUT2D eigenvalue weighted by molar-refractivity contribution is -0.157. The lowest BCUT2D eigenvalue weighted by Crippen LogP contribution is -2.35. The van der Waals surface area contributed by atoms with Crippen LogP contribution in [0.1, 0.15) is 19.4 Å². The molecule has 0 heterocycles. The van der Waals surface area contributed by atoms with E-state index in [0.29, 0.717) is 10.7 Å². The maximum absolute atomic E-state index is 12.3. The second-order valence-corrected chi connectivity index (χ2v) is 5.67. The first-order valence-electron chi connectivity index (χ1n) is 6.98. The molecule has 3 N–H and O–H groups in total. The van der Waals surface area contributed by atoms with Gasteiger partial charge in [-0.2, -0.15) is 0 Å². The van der Waals surface area contributed by atoms with E-state index in [0.717, 1.165) is 5.56 Å². The van der Waals surface area contributed by atoms with Crippen LogP contribution in [-0.2, 0) is 20.1 Å². The van der Waals surface area contributed by atoms with Crippen LogP contribution in [0.5, 0.6) is 0 Å². The summed E-state index contributed by atoms with van der Waals surface area (Å²) in [5, 5.41) is 9.84. The molecule has 0 saturated heterocycles. The van der Waals surface area contributed by atoms with Crippen LogP contribution in [0.15, 0.2) is 41.4 Å². The number of rotatable bonds is 8. The van der Waals surface area contributed by atoms with Crippen LogP contribution in [0, 0.1) is 5.92 Å². The molecule has 0 saturated carbocycles. The highest BCUT2D eigenvalue weighted by atomic mass is 32.2. The molecule has 0 amide bonds. The lowest BCUT2D eigenvalue weighted by atomic mass is 9.99. The molecule has 2 atom stereocenters. The molecule has 0 aliphatic rings. The highest BCUT2D eigenvalue weighted by molar-refractivity contribution is 8.03. The molecule has 0 fully saturated rings. The molecule has 120 valence electrons. The van der Waals surface area contributed by atoms with E-state index >= 15 is 0 Å². The Kier molecular flexibility index (Phi) is 7.70. The zero-order chi connectivity index (χ0) is 16.5. The zero-order valence-corrected chi connectivity index (χ0v) is 13.5. The minimum atomic E-state index is -1.49. The minimum Gasteiger partial charge on any atom is -0.464 e. The second-order valence-electron chi connectivity index (χ2n) is 4.66. The Balaban J connectivity index is 2.66. The van der Waals surface area contributed by atoms with Gasteiger partial charge in [-0.05, 0) is 12.5 Å². The number of nitrogens with two attached hydrogens (primary N) is 1. The summed E-state index contributed by atoms with van der Waals surface area (Å²) >= 11 is 1.28. The summed E-state index contributed by atoms with van der Waals surface area (Å²) in [4.78, 5) is 24.1. The van der Waals surface area contributed by atoms with Gasteiger partial charge in [0.15, 0.2) is 11.9 Å². The number of thioether (sulfide) groups is 1. The average Bonchev–Trinajstić information content (AvgIpc) is 2.55. The number of ether oxygens (including phenoxy) is 1. The number of hydrogen-bond donors (Lipinski definition) is 2. The Hall–Kier alpha value is -1.79. The molecule has 1 rings (SSSR count). The van der Waals surface area contributed by atoms with Gasteiger partial charge >= 0.3 is 5.97 Å². The molecular weight excluding hydrogens is 302 g/mol. The summed E-state index contributed by atoms with van der Waals surface area (Å²) in [6.45, 7) is 3.27. The van der Waals surface area contributed by atoms with Crippen molar-refractivity contribution >= 4 is 23.5 Å². The fraction of sp³-hybridized carbons (Fsp3) is 0.375. The Morgan fingerprint density at radius 2 is 2.00 bits per heavy atom. The van der Waals surface area contributed by atoms with E-state index in [9.17, 15) is 14.7 Å². The molecule has 2 unspecified atom stereocenters. The molecule has 0 radical (unpaired) electrons. The van der Waals surface area contributed by atoms with E-state index in [-0.39, 0.29) is 12.4 Å². The number of aliphatic hydroxyl groups is 1. The van der Waals surface area contributed by atoms with Gasteiger partial charge in [0.05, 0.1) is 17.4 Å². The number of allylic oxidation sites excluding steroid dienone is 1. The maximum atomic E-state index is 12.3. The van der Waals surface area contributed by atoms with Gasteiger partial charge in [-0.25, -0.2) is 4.79 Å². The van der Waals surface area contributed by atoms with E-state index in [1.807, 2.05) is 30.3 Å². The number of esters is 1. The first-order valence-corrected chi connectivity index (χ1v) is 7.97. The fourth-order valence-electron chi connectivity index (χ4n) is 1.74. The van der Waals surface area contributed by atoms with Gasteiger partial charge < -0.3 is 15.6 Å². The van der Waals surface area contributed by atoms with Crippen molar-refractivity contribution in [2.75, 3.05) is 6.61 Å². The number of hydrogen-bond acceptors (Lipinski definition) is 6. The Morgan fingerprint density at radius 3 is 2.55 bits per heavy atom. The molecule has 22 heavy (non-hydrogen) atoms. The smallest absolute Gasteiger partial charge is 0.335 e. The molecule has 0 aromatic heterocycles. The zero-order valence-electron chi connectivity index (χ0n) is 12.7. The summed E-state index contributed by atoms with van der Waals surface area (Å²) in [5.74, 6) is -1.49. The third kappa shape index (κ3) is 5.20. The summed E-state index contributed by atoms with van der Waals surface area (Å²) in [5.41, 5.74) is 6.56. The van der Waals surface area contributed by atoms with Crippen LogP contribution >= 0.6 is 11.8 Å². The third-order valence-corrected chi connectivity index (χ3v) is 4.17. The quantitative estimate of drug-likeness (QED) is 0.560. The molecule has 1 aromatic carbocycles. The first-order chi connectivity index (χ1) is 10.5. The lowest BCUT2D eigenvalue weighted by Gasteiger charge is -2.17. The predicted octanol–water partition coefficient (Wildman–Crippen LogP) is 1.85. The number of carbonyl (C=O) groups excluding carboxylic acids is 2. The number of benzene rings is 1. The molecular formula is C16H21NO4S. The third-order valence-electron chi connectivity index (χ3n) is 3.05. The van der Waals surface area contributed by atoms with Crippen LogP contribution in [0.4, 0.5) is 0 Å². The highest BCUT2D eigenvalue weighted by Crippen LogP contribution is 2.25. The van der Waals surface area contributed by atoms with Crippen molar-refractivity contribution in [1.82, 2.24) is 0 Å². The van der Waals surface area contributed by atoms with Gasteiger partial charge in [-0.15, -0.1) is 11.8 Å². The number of ketones is 1. The summed E-state index contributed by atoms with van der Waals surface area (Å²) in [7, 11) is 0. The monoisotopic (exact) mass is 323 g/mol. The molecule has 6 heteroatoms. The van der Waals surface area contributed by atoms with E-state index in [2.05, 4.69) is 0 Å². The molecule has 1 aromatic rings. The number of Topliss-reactive ketones (excluding diaryl/α,β-unsaturated/α-hetero) is 1. The largest absolute Gasteiger partial charge is 0.464 e. The number of carbonyl (C=O) groups is 2. The summed E-state index contributed by atoms with van der Waals surface area (Å²) < 4.78 is 4.72. The van der Waals surface area contributed by atoms with Gasteiger partial charge in [-0.1, -0.05) is 37.3 Å². The van der Waals surface area contributed by atoms with Crippen molar-refractivity contribution in [2.45, 2.75) is 25.7 Å². The molecule has 0 aliphatic carbocycles. The van der Waals surface area contributed by atoms with Crippen molar-refractivity contribution in [3.8, 4) is 0 Å². The Bertz CT molecular complexity index is 530. The van der Waals surface area contributed by atoms with Crippen molar-refractivity contribution in [3.63, 3.8) is 0 Å². The van der Waals surface area contributed by atoms with Crippen LogP contribution in [-0.4, -0.2) is 29.6 Å². The molecule has 5 nitrogen and oxygen atoms in total. The van der Waals surface area contributed by atoms with Crippen molar-refractivity contribution < 1.29 is 19.4 Å². The van der Waals surface area contributed by atoms with E-state index in [1.165, 1.54) is 24.9 Å². The Morgan fingerprint density at radius 1 is 1.36 bits per heavy atom. The van der Waals surface area contributed by atoms with Crippen LogP contribution in [0.3, 0.4) is 0 Å². The minimum absolute atomic E-state index is 0.152. The highest BCUT2D eigenvalue weighted by Gasteiger charge is 2.31. The fourth-order valence-corrected chi connectivity index (χ4v) is 2.68. The van der Waals surface area contributed by atoms with Crippen LogP contribution < -0.4 is 5.73 Å². The summed E-state index contributed by atoms with van der Waals surface area (Å²) in [6.07, 6.45) is -0.274. The average molecular weight is 323 g/mol. The van der Waals surface area contributed by atoms with Crippen molar-refractivity contribution in [3.05, 3.63) is 47.0 Å². The van der Waals surface area contributed by atoms with E-state index < -0.39 is 18.0 Å². The SMILES string of the molecule is CCOC(=O)C(O)C(C)C(=O)/C(=C/N)SCc1ccccc1. The maximum Gasteiger partial charge on any atom is 0.335 e. The normalized spacial score (nSPS) is 14.2. The number of aliphatic hydroxyl groups excluding tert-OH is 1. The standard InChI is InChI=1S/C16H21NO4S/c1-3-21-16(20)15(19)11(2)14(18)13(9-17)22-10-12-7-5-4-6-8-12/h4-9,11,15,19H,3,10,17H2,1-2H3/b13-9-. The van der Waals surface area contributed by atoms with Crippen molar-refractivity contribution in [2.24, 2.45) is 11.7 Å².